The third kappa shape index (κ3) is 6.81. The van der Waals surface area contributed by atoms with E-state index < -0.39 is 10.0 Å². The molecule has 0 spiro atoms. The minimum Gasteiger partial charge on any atom is -0.484 e. The van der Waals surface area contributed by atoms with Crippen LogP contribution in [0.4, 0.5) is 0 Å². The quantitative estimate of drug-likeness (QED) is 0.713. The number of aromatic nitrogens is 1. The monoisotopic (exact) mass is 377 g/mol. The summed E-state index contributed by atoms with van der Waals surface area (Å²) in [4.78, 5) is 16.0. The zero-order valence-corrected chi connectivity index (χ0v) is 15.7. The van der Waals surface area contributed by atoms with Crippen LogP contribution in [0.1, 0.15) is 11.3 Å². The number of aryl methyl sites for hydroxylation is 1. The van der Waals surface area contributed by atoms with Gasteiger partial charge in [-0.15, -0.1) is 0 Å². The average Bonchev–Trinajstić information content (AvgIpc) is 2.60. The fourth-order valence-electron chi connectivity index (χ4n) is 2.19. The van der Waals surface area contributed by atoms with Gasteiger partial charge in [-0.05, 0) is 31.2 Å². The molecule has 0 bridgehead atoms. The molecular formula is C18H23N3O4S. The van der Waals surface area contributed by atoms with Crippen LogP contribution in [0.15, 0.2) is 48.7 Å². The van der Waals surface area contributed by atoms with Gasteiger partial charge in [0.1, 0.15) is 5.75 Å². The number of hydrogen-bond acceptors (Lipinski definition) is 5. The Morgan fingerprint density at radius 2 is 1.92 bits per heavy atom. The number of pyridine rings is 1. The molecule has 1 amide bonds. The second-order valence-electron chi connectivity index (χ2n) is 5.87. The van der Waals surface area contributed by atoms with Gasteiger partial charge < -0.3 is 10.1 Å². The van der Waals surface area contributed by atoms with E-state index in [4.69, 9.17) is 4.74 Å². The van der Waals surface area contributed by atoms with E-state index in [0.717, 1.165) is 11.8 Å². The Hall–Kier alpha value is -2.45. The maximum absolute atomic E-state index is 11.9. The fourth-order valence-corrected chi connectivity index (χ4v) is 2.98. The normalized spacial score (nSPS) is 11.3. The minimum atomic E-state index is -3.41. The Kier molecular flexibility index (Phi) is 7.11. The van der Waals surface area contributed by atoms with E-state index in [9.17, 15) is 13.2 Å². The lowest BCUT2D eigenvalue weighted by atomic mass is 10.2. The molecule has 7 nitrogen and oxygen atoms in total. The first kappa shape index (κ1) is 19.9. The number of sulfonamides is 1. The van der Waals surface area contributed by atoms with Crippen LogP contribution in [0.3, 0.4) is 0 Å². The molecule has 8 heteroatoms. The lowest BCUT2D eigenvalue weighted by Crippen LogP contribution is -2.39. The van der Waals surface area contributed by atoms with E-state index in [-0.39, 0.29) is 32.1 Å². The standard InChI is InChI=1S/C18H23N3O4S/c1-15-6-8-17(9-7-15)25-14-18(22)20-11-12-21(26(2,23)24)13-16-5-3-4-10-19-16/h3-10H,11-14H2,1-2H3,(H,20,22). The van der Waals surface area contributed by atoms with Crippen molar-refractivity contribution in [1.29, 1.82) is 0 Å². The van der Waals surface area contributed by atoms with E-state index in [2.05, 4.69) is 10.3 Å². The second kappa shape index (κ2) is 9.30. The Morgan fingerprint density at radius 3 is 2.54 bits per heavy atom. The number of hydrogen-bond donors (Lipinski definition) is 1. The van der Waals surface area contributed by atoms with Gasteiger partial charge in [0.2, 0.25) is 10.0 Å². The highest BCUT2D eigenvalue weighted by Crippen LogP contribution is 2.11. The smallest absolute Gasteiger partial charge is 0.257 e. The molecule has 0 aliphatic carbocycles. The topological polar surface area (TPSA) is 88.6 Å². The summed E-state index contributed by atoms with van der Waals surface area (Å²) in [6.45, 7) is 2.36. The number of nitrogens with one attached hydrogen (secondary N) is 1. The van der Waals surface area contributed by atoms with Crippen LogP contribution in [-0.2, 0) is 21.4 Å². The highest BCUT2D eigenvalue weighted by Gasteiger charge is 2.17. The number of amides is 1. The summed E-state index contributed by atoms with van der Waals surface area (Å²) < 4.78 is 30.5. The highest BCUT2D eigenvalue weighted by atomic mass is 32.2. The molecule has 2 aromatic rings. The van der Waals surface area contributed by atoms with Crippen molar-refractivity contribution in [1.82, 2.24) is 14.6 Å². The van der Waals surface area contributed by atoms with Gasteiger partial charge in [0.15, 0.2) is 6.61 Å². The van der Waals surface area contributed by atoms with Crippen molar-refractivity contribution in [2.24, 2.45) is 0 Å². The fraction of sp³-hybridized carbons (Fsp3) is 0.333. The van der Waals surface area contributed by atoms with E-state index in [1.54, 1.807) is 36.5 Å². The molecule has 1 N–H and O–H groups in total. The highest BCUT2D eigenvalue weighted by molar-refractivity contribution is 7.88. The van der Waals surface area contributed by atoms with Crippen molar-refractivity contribution >= 4 is 15.9 Å². The van der Waals surface area contributed by atoms with E-state index >= 15 is 0 Å². The summed E-state index contributed by atoms with van der Waals surface area (Å²) in [7, 11) is -3.41. The summed E-state index contributed by atoms with van der Waals surface area (Å²) in [5.74, 6) is 0.301. The summed E-state index contributed by atoms with van der Waals surface area (Å²) in [6, 6.07) is 12.7. The predicted molar refractivity (Wildman–Crippen MR) is 99.2 cm³/mol. The van der Waals surface area contributed by atoms with Gasteiger partial charge in [-0.1, -0.05) is 23.8 Å². The molecule has 0 aliphatic heterocycles. The first-order valence-corrected chi connectivity index (χ1v) is 10.0. The molecule has 26 heavy (non-hydrogen) atoms. The molecule has 0 saturated carbocycles. The van der Waals surface area contributed by atoms with Crippen molar-refractivity contribution in [3.05, 3.63) is 59.9 Å². The Morgan fingerprint density at radius 1 is 1.19 bits per heavy atom. The molecule has 0 aliphatic rings. The number of ether oxygens (including phenoxy) is 1. The van der Waals surface area contributed by atoms with Crippen molar-refractivity contribution in [2.45, 2.75) is 13.5 Å². The van der Waals surface area contributed by atoms with E-state index in [1.807, 2.05) is 19.1 Å². The zero-order chi connectivity index (χ0) is 19.0. The SMILES string of the molecule is Cc1ccc(OCC(=O)NCCN(Cc2ccccn2)S(C)(=O)=O)cc1. The molecule has 140 valence electrons. The predicted octanol–water partition coefficient (Wildman–Crippen LogP) is 1.35. The maximum Gasteiger partial charge on any atom is 0.257 e. The van der Waals surface area contributed by atoms with Crippen molar-refractivity contribution in [2.75, 3.05) is 26.0 Å². The van der Waals surface area contributed by atoms with Gasteiger partial charge in [-0.3, -0.25) is 9.78 Å². The van der Waals surface area contributed by atoms with Crippen molar-refractivity contribution in [3.8, 4) is 5.75 Å². The van der Waals surface area contributed by atoms with E-state index in [0.29, 0.717) is 11.4 Å². The molecule has 0 fully saturated rings. The number of carbonyl (C=O) groups excluding carboxylic acids is 1. The summed E-state index contributed by atoms with van der Waals surface area (Å²) >= 11 is 0. The number of rotatable bonds is 9. The van der Waals surface area contributed by atoms with Crippen LogP contribution in [-0.4, -0.2) is 49.6 Å². The molecule has 0 unspecified atom stereocenters. The maximum atomic E-state index is 11.9. The first-order chi connectivity index (χ1) is 12.3. The molecule has 1 heterocycles. The Labute approximate surface area is 154 Å². The van der Waals surface area contributed by atoms with Crippen LogP contribution in [0.5, 0.6) is 5.75 Å². The first-order valence-electron chi connectivity index (χ1n) is 8.16. The molecular weight excluding hydrogens is 354 g/mol. The second-order valence-corrected chi connectivity index (χ2v) is 7.85. The third-order valence-corrected chi connectivity index (χ3v) is 4.86. The molecule has 2 rings (SSSR count). The number of benzene rings is 1. The summed E-state index contributed by atoms with van der Waals surface area (Å²) in [5.41, 5.74) is 1.75. The zero-order valence-electron chi connectivity index (χ0n) is 14.9. The molecule has 0 radical (unpaired) electrons. The Bertz CT molecular complexity index is 808. The van der Waals surface area contributed by atoms with Crippen LogP contribution >= 0.6 is 0 Å². The molecule has 1 aromatic heterocycles. The largest absolute Gasteiger partial charge is 0.484 e. The van der Waals surface area contributed by atoms with Crippen LogP contribution in [0.2, 0.25) is 0 Å². The number of nitrogens with zero attached hydrogens (tertiary/aromatic N) is 2. The van der Waals surface area contributed by atoms with Gasteiger partial charge in [0.05, 0.1) is 18.5 Å². The van der Waals surface area contributed by atoms with E-state index in [1.165, 1.54) is 4.31 Å². The Balaban J connectivity index is 1.79. The van der Waals surface area contributed by atoms with Gasteiger partial charge in [-0.25, -0.2) is 8.42 Å². The minimum absolute atomic E-state index is 0.123. The summed E-state index contributed by atoms with van der Waals surface area (Å²) in [5, 5.41) is 2.66. The molecule has 1 aromatic carbocycles. The van der Waals surface area contributed by atoms with Gasteiger partial charge >= 0.3 is 0 Å². The average molecular weight is 377 g/mol. The van der Waals surface area contributed by atoms with Crippen LogP contribution < -0.4 is 10.1 Å². The number of carbonyl (C=O) groups is 1. The van der Waals surface area contributed by atoms with Crippen molar-refractivity contribution < 1.29 is 17.9 Å². The molecule has 0 saturated heterocycles. The van der Waals surface area contributed by atoms with Gasteiger partial charge in [0, 0.05) is 19.3 Å². The molecule has 0 atom stereocenters. The lowest BCUT2D eigenvalue weighted by molar-refractivity contribution is -0.123. The van der Waals surface area contributed by atoms with Gasteiger partial charge in [-0.2, -0.15) is 4.31 Å². The van der Waals surface area contributed by atoms with Gasteiger partial charge in [0.25, 0.3) is 5.91 Å². The summed E-state index contributed by atoms with van der Waals surface area (Å²) in [6.07, 6.45) is 2.75. The van der Waals surface area contributed by atoms with Crippen molar-refractivity contribution in [3.63, 3.8) is 0 Å². The van der Waals surface area contributed by atoms with Crippen LogP contribution in [0, 0.1) is 6.92 Å². The third-order valence-electron chi connectivity index (χ3n) is 3.61. The lowest BCUT2D eigenvalue weighted by Gasteiger charge is -2.19. The van der Waals surface area contributed by atoms with Crippen LogP contribution in [0.25, 0.3) is 0 Å².